The van der Waals surface area contributed by atoms with Crippen molar-refractivity contribution >= 4 is 61.0 Å². The molecule has 4 aromatic rings. The van der Waals surface area contributed by atoms with E-state index in [-0.39, 0.29) is 47.1 Å². The molecule has 254 valence electrons. The Kier molecular flexibility index (Phi) is 8.38. The molecule has 0 aromatic carbocycles. The van der Waals surface area contributed by atoms with Crippen LogP contribution in [0, 0.1) is 5.92 Å². The summed E-state index contributed by atoms with van der Waals surface area (Å²) in [4.78, 5) is 46.1. The fraction of sp³-hybridized carbons (Fsp3) is 0.545. The van der Waals surface area contributed by atoms with Crippen molar-refractivity contribution in [2.75, 3.05) is 31.2 Å². The Morgan fingerprint density at radius 2 is 1.66 bits per heavy atom. The number of phosphoric acid groups is 1. The lowest BCUT2D eigenvalue weighted by molar-refractivity contribution is -0.0636. The van der Waals surface area contributed by atoms with Gasteiger partial charge in [0.2, 0.25) is 5.95 Å². The van der Waals surface area contributed by atoms with E-state index in [1.807, 2.05) is 0 Å². The zero-order valence-corrected chi connectivity index (χ0v) is 26.6. The predicted molar refractivity (Wildman–Crippen MR) is 161 cm³/mol. The van der Waals surface area contributed by atoms with Crippen LogP contribution in [0.3, 0.4) is 0 Å². The van der Waals surface area contributed by atoms with Crippen molar-refractivity contribution in [1.82, 2.24) is 39.0 Å². The maximum absolute atomic E-state index is 13.6. The van der Waals surface area contributed by atoms with Crippen LogP contribution in [0.15, 0.2) is 23.8 Å². The number of H-pyrrole nitrogens is 1. The van der Waals surface area contributed by atoms with Crippen LogP contribution in [-0.2, 0) is 36.7 Å². The van der Waals surface area contributed by atoms with E-state index in [0.717, 1.165) is 0 Å². The van der Waals surface area contributed by atoms with Gasteiger partial charge in [-0.05, 0) is 13.0 Å². The number of hydrogen-bond donors (Lipinski definition) is 7. The minimum absolute atomic E-state index is 0.00259. The van der Waals surface area contributed by atoms with Gasteiger partial charge in [-0.1, -0.05) is 12.2 Å². The number of anilines is 2. The van der Waals surface area contributed by atoms with Crippen molar-refractivity contribution in [3.63, 3.8) is 0 Å². The Bertz CT molecular complexity index is 1980. The van der Waals surface area contributed by atoms with Crippen LogP contribution < -0.4 is 22.8 Å². The van der Waals surface area contributed by atoms with E-state index in [1.54, 1.807) is 0 Å². The number of aromatic nitrogens is 8. The molecule has 2 bridgehead atoms. The summed E-state index contributed by atoms with van der Waals surface area (Å²) in [6, 6.07) is 0. The molecule has 5 unspecified atom stereocenters. The Morgan fingerprint density at radius 3 is 2.43 bits per heavy atom. The summed E-state index contributed by atoms with van der Waals surface area (Å²) in [5.74, 6) is -0.891. The summed E-state index contributed by atoms with van der Waals surface area (Å²) in [5, 5.41) is 11.3. The van der Waals surface area contributed by atoms with Crippen LogP contribution in [0.1, 0.15) is 18.9 Å². The van der Waals surface area contributed by atoms with Gasteiger partial charge in [-0.2, -0.15) is 4.98 Å². The number of nitrogen functional groups attached to an aromatic ring is 2. The largest absolute Gasteiger partial charge is 0.472 e. The van der Waals surface area contributed by atoms with Crippen molar-refractivity contribution in [2.45, 2.75) is 49.4 Å². The second kappa shape index (κ2) is 12.1. The summed E-state index contributed by atoms with van der Waals surface area (Å²) >= 11 is 4.12. The van der Waals surface area contributed by atoms with Crippen LogP contribution >= 0.6 is 26.9 Å². The Labute approximate surface area is 268 Å². The lowest BCUT2D eigenvalue weighted by atomic mass is 9.94. The van der Waals surface area contributed by atoms with E-state index in [1.165, 1.54) is 28.1 Å². The van der Waals surface area contributed by atoms with Gasteiger partial charge in [0, 0.05) is 5.92 Å². The van der Waals surface area contributed by atoms with Gasteiger partial charge in [-0.15, -0.1) is 0 Å². The monoisotopic (exact) mass is 717 g/mol. The molecule has 4 aromatic heterocycles. The Morgan fingerprint density at radius 1 is 0.957 bits per heavy atom. The number of imidazole rings is 2. The second-order valence-corrected chi connectivity index (χ2v) is 15.2. The highest BCUT2D eigenvalue weighted by molar-refractivity contribution is 8.44. The van der Waals surface area contributed by atoms with Gasteiger partial charge in [0.05, 0.1) is 32.0 Å². The van der Waals surface area contributed by atoms with E-state index in [9.17, 15) is 23.9 Å². The van der Waals surface area contributed by atoms with E-state index >= 15 is 0 Å². The van der Waals surface area contributed by atoms with Crippen LogP contribution in [0.4, 0.5) is 11.8 Å². The molecule has 9 N–H and O–H groups in total. The van der Waals surface area contributed by atoms with Gasteiger partial charge >= 0.3 is 14.6 Å². The molecule has 25 heteroatoms. The first kappa shape index (κ1) is 32.5. The number of phosphoric ester groups is 1. The zero-order chi connectivity index (χ0) is 33.2. The molecule has 3 saturated heterocycles. The number of aromatic amines is 1. The molecular weight excluding hydrogens is 688 g/mol. The molecule has 0 aliphatic carbocycles. The third-order valence-corrected chi connectivity index (χ3v) is 10.6. The molecule has 10 atom stereocenters. The fourth-order valence-electron chi connectivity index (χ4n) is 5.94. The number of hydrogen-bond acceptors (Lipinski definition) is 18. The van der Waals surface area contributed by atoms with E-state index in [2.05, 4.69) is 42.2 Å². The van der Waals surface area contributed by atoms with Crippen LogP contribution in [0.2, 0.25) is 0 Å². The number of nitrogens with zero attached hydrogens (tertiary/aromatic N) is 7. The van der Waals surface area contributed by atoms with Gasteiger partial charge in [0.15, 0.2) is 35.1 Å². The molecule has 0 amide bonds. The molecule has 7 rings (SSSR count). The number of ether oxygens (including phenoxy) is 2. The summed E-state index contributed by atoms with van der Waals surface area (Å²) in [7, 11) is -4.97. The third-order valence-electron chi connectivity index (χ3n) is 8.00. The molecule has 7 heterocycles. The van der Waals surface area contributed by atoms with Crippen molar-refractivity contribution < 1.29 is 46.7 Å². The molecule has 3 aliphatic rings. The van der Waals surface area contributed by atoms with Crippen molar-refractivity contribution in [2.24, 2.45) is 11.7 Å². The number of fused-ring (bicyclic) bond motifs is 5. The molecule has 0 saturated carbocycles. The van der Waals surface area contributed by atoms with E-state index in [0.29, 0.717) is 0 Å². The third kappa shape index (κ3) is 5.96. The minimum Gasteiger partial charge on any atom is -0.386 e. The lowest BCUT2D eigenvalue weighted by Crippen LogP contribution is -2.36. The number of thiol groups is 1. The molecule has 47 heavy (non-hydrogen) atoms. The summed E-state index contributed by atoms with van der Waals surface area (Å²) in [6.07, 6.45) is -5.21. The molecule has 0 spiro atoms. The SMILES string of the molecule is NCCC1C2OP(=O)(O)OC[C@H]3O[C@@H](n4cnc5c(N)ncnc54)[C@@H](O)C3OP(=O)(S)OC[C@H]1O[C@H]2n1cnc2c(=O)[nH]c(N)nc21. The van der Waals surface area contributed by atoms with Gasteiger partial charge in [0.1, 0.15) is 36.3 Å². The number of rotatable bonds is 4. The Balaban J connectivity index is 1.23. The van der Waals surface area contributed by atoms with Crippen LogP contribution in [-0.4, -0.2) is 99.3 Å². The molecule has 3 fully saturated rings. The summed E-state index contributed by atoms with van der Waals surface area (Å²) in [6.45, 7) is -5.35. The predicted octanol–water partition coefficient (Wildman–Crippen LogP) is -0.800. The summed E-state index contributed by atoms with van der Waals surface area (Å²) < 4.78 is 64.3. The standard InChI is InChI=1S/C22H29N11O11P2S/c23-2-1-8-9-3-40-46(38,47)44-15-10(42-20(13(15)34)32-6-28-11-16(24)26-5-27-17(11)32)4-39-45(36,37)43-14(8)21(41-9)33-7-29-12-18(33)30-22(25)31-19(12)35/h5-10,13-15,20-21,34H,1-4,23H2,(H,36,37)(H,38,47)(H2,24,26,27)(H3,25,30,31,35)/t8?,9-,10-,13+,14?,15?,20-,21-,46?/m1/s1. The first-order valence-corrected chi connectivity index (χ1v) is 18.2. The molecule has 0 radical (unpaired) electrons. The van der Waals surface area contributed by atoms with Gasteiger partial charge in [0.25, 0.3) is 5.56 Å². The van der Waals surface area contributed by atoms with Crippen molar-refractivity contribution in [3.8, 4) is 0 Å². The topological polar surface area (TPSA) is 315 Å². The minimum atomic E-state index is -4.97. The second-order valence-electron chi connectivity index (χ2n) is 10.9. The highest BCUT2D eigenvalue weighted by atomic mass is 32.7. The maximum atomic E-state index is 13.6. The van der Waals surface area contributed by atoms with E-state index in [4.69, 9.17) is 44.8 Å². The average molecular weight is 718 g/mol. The molecular formula is C22H29N11O11P2S. The van der Waals surface area contributed by atoms with E-state index < -0.39 is 82.3 Å². The quantitative estimate of drug-likeness (QED) is 0.100. The molecule has 3 aliphatic heterocycles. The zero-order valence-electron chi connectivity index (χ0n) is 24.0. The normalized spacial score (nSPS) is 36.6. The van der Waals surface area contributed by atoms with Crippen molar-refractivity contribution in [1.29, 1.82) is 0 Å². The number of nitrogens with two attached hydrogens (primary N) is 3. The lowest BCUT2D eigenvalue weighted by Gasteiger charge is -2.27. The van der Waals surface area contributed by atoms with Crippen molar-refractivity contribution in [3.05, 3.63) is 29.3 Å². The number of nitrogens with one attached hydrogen (secondary N) is 1. The van der Waals surface area contributed by atoms with Gasteiger partial charge < -0.3 is 36.7 Å². The maximum Gasteiger partial charge on any atom is 0.472 e. The molecule has 22 nitrogen and oxygen atoms in total. The fourth-order valence-corrected chi connectivity index (χ4v) is 8.40. The van der Waals surface area contributed by atoms with Crippen LogP contribution in [0.25, 0.3) is 22.3 Å². The Hall–Kier alpha value is -3.05. The smallest absolute Gasteiger partial charge is 0.386 e. The highest BCUT2D eigenvalue weighted by Gasteiger charge is 2.53. The highest BCUT2D eigenvalue weighted by Crippen LogP contribution is 2.58. The summed E-state index contributed by atoms with van der Waals surface area (Å²) in [5.41, 5.74) is 17.2. The average Bonchev–Trinajstić information content (AvgIpc) is 3.76. The van der Waals surface area contributed by atoms with Crippen LogP contribution in [0.5, 0.6) is 0 Å². The number of aliphatic hydroxyl groups is 1. The number of aliphatic hydroxyl groups excluding tert-OH is 1. The first-order chi connectivity index (χ1) is 22.4. The van der Waals surface area contributed by atoms with Gasteiger partial charge in [-0.3, -0.25) is 37.0 Å². The first-order valence-electron chi connectivity index (χ1n) is 14.0. The van der Waals surface area contributed by atoms with Gasteiger partial charge in [-0.25, -0.2) is 29.1 Å².